The van der Waals surface area contributed by atoms with Crippen LogP contribution < -0.4 is 5.32 Å². The third-order valence-corrected chi connectivity index (χ3v) is 7.07. The average molecular weight is 367 g/mol. The minimum Gasteiger partial charge on any atom is -0.352 e. The number of carbonyl (C=O) groups is 1. The number of hydrogen-bond acceptors (Lipinski definition) is 4. The van der Waals surface area contributed by atoms with Crippen molar-refractivity contribution in [1.82, 2.24) is 10.2 Å². The van der Waals surface area contributed by atoms with E-state index < -0.39 is 15.1 Å². The van der Waals surface area contributed by atoms with Gasteiger partial charge in [-0.2, -0.15) is 0 Å². The van der Waals surface area contributed by atoms with Gasteiger partial charge in [-0.05, 0) is 77.3 Å². The second-order valence-electron chi connectivity index (χ2n) is 7.43. The van der Waals surface area contributed by atoms with Crippen LogP contribution in [0.3, 0.4) is 0 Å². The molecule has 1 aliphatic rings. The van der Waals surface area contributed by atoms with Crippen LogP contribution in [-0.2, 0) is 9.84 Å². The first-order chi connectivity index (χ1) is 11.7. The Morgan fingerprint density at radius 3 is 2.40 bits per heavy atom. The summed E-state index contributed by atoms with van der Waals surface area (Å²) in [4.78, 5) is 15.0. The van der Waals surface area contributed by atoms with E-state index in [2.05, 4.69) is 24.1 Å². The Bertz CT molecular complexity index is 681. The minimum atomic E-state index is -3.30. The summed E-state index contributed by atoms with van der Waals surface area (Å²) >= 11 is 0. The molecule has 0 saturated carbocycles. The van der Waals surface area contributed by atoms with E-state index in [0.29, 0.717) is 24.1 Å². The van der Waals surface area contributed by atoms with Gasteiger partial charge in [0.05, 0.1) is 10.1 Å². The second kappa shape index (κ2) is 8.32. The lowest BCUT2D eigenvalue weighted by molar-refractivity contribution is 0.0922. The normalized spacial score (nSPS) is 19.4. The van der Waals surface area contributed by atoms with Gasteiger partial charge in [0.25, 0.3) is 5.91 Å². The predicted molar refractivity (Wildman–Crippen MR) is 101 cm³/mol. The molecule has 1 amide bonds. The van der Waals surface area contributed by atoms with Crippen molar-refractivity contribution in [3.05, 3.63) is 29.8 Å². The molecule has 0 radical (unpaired) electrons. The fourth-order valence-electron chi connectivity index (χ4n) is 3.14. The number of hydrogen-bond donors (Lipinski definition) is 1. The molecule has 1 atom stereocenters. The van der Waals surface area contributed by atoms with E-state index in [4.69, 9.17) is 0 Å². The van der Waals surface area contributed by atoms with Gasteiger partial charge in [-0.25, -0.2) is 8.42 Å². The zero-order valence-corrected chi connectivity index (χ0v) is 16.5. The quantitative estimate of drug-likeness (QED) is 0.841. The number of sulfone groups is 1. The Morgan fingerprint density at radius 1 is 1.20 bits per heavy atom. The molecule has 1 fully saturated rings. The van der Waals surface area contributed by atoms with Gasteiger partial charge in [-0.15, -0.1) is 0 Å². The molecule has 1 aromatic rings. The Balaban J connectivity index is 1.93. The molecule has 0 spiro atoms. The first-order valence-electron chi connectivity index (χ1n) is 9.08. The van der Waals surface area contributed by atoms with E-state index in [9.17, 15) is 13.2 Å². The van der Waals surface area contributed by atoms with Crippen molar-refractivity contribution in [2.45, 2.75) is 56.7 Å². The summed E-state index contributed by atoms with van der Waals surface area (Å²) in [6.45, 7) is 10.5. The van der Waals surface area contributed by atoms with Crippen LogP contribution in [0.15, 0.2) is 29.2 Å². The Hall–Kier alpha value is -1.40. The van der Waals surface area contributed by atoms with Gasteiger partial charge in [0, 0.05) is 24.7 Å². The van der Waals surface area contributed by atoms with Gasteiger partial charge in [-0.1, -0.05) is 0 Å². The van der Waals surface area contributed by atoms with Crippen molar-refractivity contribution in [1.29, 1.82) is 0 Å². The summed E-state index contributed by atoms with van der Waals surface area (Å²) in [5, 5.41) is 2.52. The number of rotatable bonds is 6. The van der Waals surface area contributed by atoms with Crippen LogP contribution in [0.1, 0.15) is 50.9 Å². The van der Waals surface area contributed by atoms with E-state index in [-0.39, 0.29) is 10.8 Å². The smallest absolute Gasteiger partial charge is 0.251 e. The Morgan fingerprint density at radius 2 is 1.84 bits per heavy atom. The highest BCUT2D eigenvalue weighted by Crippen LogP contribution is 2.19. The zero-order chi connectivity index (χ0) is 18.6. The van der Waals surface area contributed by atoms with Gasteiger partial charge in [0.2, 0.25) is 0 Å². The summed E-state index contributed by atoms with van der Waals surface area (Å²) in [5.74, 6) is 0.329. The van der Waals surface area contributed by atoms with E-state index >= 15 is 0 Å². The predicted octanol–water partition coefficient (Wildman–Crippen LogP) is 2.72. The van der Waals surface area contributed by atoms with Gasteiger partial charge in [0.1, 0.15) is 0 Å². The molecule has 0 aromatic heterocycles. The summed E-state index contributed by atoms with van der Waals surface area (Å²) in [6, 6.07) is 6.75. The van der Waals surface area contributed by atoms with Crippen LogP contribution in [0.4, 0.5) is 0 Å². The Kier molecular flexibility index (Phi) is 6.63. The van der Waals surface area contributed by atoms with Crippen molar-refractivity contribution >= 4 is 15.7 Å². The maximum atomic E-state index is 12.3. The summed E-state index contributed by atoms with van der Waals surface area (Å²) in [7, 11) is -3.30. The summed E-state index contributed by atoms with van der Waals surface area (Å²) < 4.78 is 24.3. The highest BCUT2D eigenvalue weighted by atomic mass is 32.2. The standard InChI is InChI=1S/C19H30N2O3S/c1-14(2)21-11-5-6-16(13-21)12-20-19(22)17-7-9-18(10-8-17)25(23,24)15(3)4/h7-10,14-16H,5-6,11-13H2,1-4H3,(H,20,22). The molecule has 1 aromatic carbocycles. The zero-order valence-electron chi connectivity index (χ0n) is 15.7. The van der Waals surface area contributed by atoms with Crippen molar-refractivity contribution in [3.8, 4) is 0 Å². The molecule has 5 nitrogen and oxygen atoms in total. The molecule has 0 bridgehead atoms. The SMILES string of the molecule is CC(C)N1CCCC(CNC(=O)c2ccc(S(=O)(=O)C(C)C)cc2)C1. The summed E-state index contributed by atoms with van der Waals surface area (Å²) in [6.07, 6.45) is 2.30. The van der Waals surface area contributed by atoms with E-state index in [1.54, 1.807) is 26.0 Å². The molecular formula is C19H30N2O3S. The third kappa shape index (κ3) is 5.05. The lowest BCUT2D eigenvalue weighted by atomic mass is 9.97. The van der Waals surface area contributed by atoms with Crippen molar-refractivity contribution < 1.29 is 13.2 Å². The highest BCUT2D eigenvalue weighted by molar-refractivity contribution is 7.92. The molecule has 1 saturated heterocycles. The van der Waals surface area contributed by atoms with Crippen LogP contribution >= 0.6 is 0 Å². The number of carbonyl (C=O) groups excluding carboxylic acids is 1. The minimum absolute atomic E-state index is 0.143. The van der Waals surface area contributed by atoms with Crippen LogP contribution in [0.2, 0.25) is 0 Å². The maximum Gasteiger partial charge on any atom is 0.251 e. The fraction of sp³-hybridized carbons (Fsp3) is 0.632. The molecule has 1 aliphatic heterocycles. The fourth-order valence-corrected chi connectivity index (χ4v) is 4.20. The Labute approximate surface area is 151 Å². The van der Waals surface area contributed by atoms with Gasteiger partial charge in [-0.3, -0.25) is 4.79 Å². The average Bonchev–Trinajstić information content (AvgIpc) is 2.59. The highest BCUT2D eigenvalue weighted by Gasteiger charge is 2.22. The van der Waals surface area contributed by atoms with Crippen LogP contribution in [0.25, 0.3) is 0 Å². The monoisotopic (exact) mass is 366 g/mol. The molecule has 2 rings (SSSR count). The van der Waals surface area contributed by atoms with Crippen molar-refractivity contribution in [3.63, 3.8) is 0 Å². The summed E-state index contributed by atoms with van der Waals surface area (Å²) in [5.41, 5.74) is 0.499. The van der Waals surface area contributed by atoms with Gasteiger partial charge in [0.15, 0.2) is 9.84 Å². The van der Waals surface area contributed by atoms with Crippen LogP contribution in [0, 0.1) is 5.92 Å². The molecular weight excluding hydrogens is 336 g/mol. The number of amides is 1. The van der Waals surface area contributed by atoms with Crippen molar-refractivity contribution in [2.24, 2.45) is 5.92 Å². The van der Waals surface area contributed by atoms with E-state index in [0.717, 1.165) is 19.5 Å². The first kappa shape index (κ1) is 19.9. The van der Waals surface area contributed by atoms with E-state index in [1.807, 2.05) is 0 Å². The number of likely N-dealkylation sites (tertiary alicyclic amines) is 1. The third-order valence-electron chi connectivity index (χ3n) is 4.90. The number of benzene rings is 1. The van der Waals surface area contributed by atoms with Gasteiger partial charge >= 0.3 is 0 Å². The van der Waals surface area contributed by atoms with Gasteiger partial charge < -0.3 is 10.2 Å². The van der Waals surface area contributed by atoms with Crippen molar-refractivity contribution in [2.75, 3.05) is 19.6 Å². The van der Waals surface area contributed by atoms with Crippen LogP contribution in [-0.4, -0.2) is 50.2 Å². The largest absolute Gasteiger partial charge is 0.352 e. The lowest BCUT2D eigenvalue weighted by Crippen LogP contribution is -2.43. The number of nitrogens with one attached hydrogen (secondary N) is 1. The molecule has 0 aliphatic carbocycles. The number of piperidine rings is 1. The lowest BCUT2D eigenvalue weighted by Gasteiger charge is -2.35. The topological polar surface area (TPSA) is 66.5 Å². The number of nitrogens with zero attached hydrogens (tertiary/aromatic N) is 1. The van der Waals surface area contributed by atoms with E-state index in [1.165, 1.54) is 18.6 Å². The molecule has 1 unspecified atom stereocenters. The van der Waals surface area contributed by atoms with Crippen LogP contribution in [0.5, 0.6) is 0 Å². The molecule has 1 heterocycles. The molecule has 1 N–H and O–H groups in total. The molecule has 25 heavy (non-hydrogen) atoms. The maximum absolute atomic E-state index is 12.3. The molecule has 6 heteroatoms. The first-order valence-corrected chi connectivity index (χ1v) is 10.6. The second-order valence-corrected chi connectivity index (χ2v) is 9.93. The molecule has 140 valence electrons.